The highest BCUT2D eigenvalue weighted by Crippen LogP contribution is 2.23. The van der Waals surface area contributed by atoms with Crippen molar-refractivity contribution < 1.29 is 18.0 Å². The summed E-state index contributed by atoms with van der Waals surface area (Å²) in [4.78, 5) is 10.9. The molecule has 0 aromatic rings. The van der Waals surface area contributed by atoms with Crippen LogP contribution in [0.3, 0.4) is 0 Å². The van der Waals surface area contributed by atoms with Gasteiger partial charge in [0.05, 0.1) is 0 Å². The SMILES string of the molecule is NC1CCC(CNC(=O)CC(F)(F)F)CC1. The van der Waals surface area contributed by atoms with Crippen LogP contribution < -0.4 is 11.1 Å². The van der Waals surface area contributed by atoms with Crippen LogP contribution in [0.25, 0.3) is 0 Å². The fraction of sp³-hybridized carbons (Fsp3) is 0.900. The van der Waals surface area contributed by atoms with Gasteiger partial charge >= 0.3 is 6.18 Å². The monoisotopic (exact) mass is 238 g/mol. The quantitative estimate of drug-likeness (QED) is 0.784. The van der Waals surface area contributed by atoms with Crippen LogP contribution >= 0.6 is 0 Å². The second kappa shape index (κ2) is 5.52. The van der Waals surface area contributed by atoms with E-state index < -0.39 is 18.5 Å². The molecule has 0 aromatic heterocycles. The molecular formula is C10H17F3N2O. The minimum absolute atomic E-state index is 0.210. The van der Waals surface area contributed by atoms with E-state index in [1.54, 1.807) is 0 Å². The highest BCUT2D eigenvalue weighted by molar-refractivity contribution is 5.76. The molecule has 0 aromatic carbocycles. The third kappa shape index (κ3) is 5.34. The minimum atomic E-state index is -4.42. The van der Waals surface area contributed by atoms with E-state index >= 15 is 0 Å². The molecule has 0 unspecified atom stereocenters. The van der Waals surface area contributed by atoms with E-state index in [2.05, 4.69) is 5.32 Å². The number of nitrogens with one attached hydrogen (secondary N) is 1. The van der Waals surface area contributed by atoms with Gasteiger partial charge in [-0.2, -0.15) is 13.2 Å². The van der Waals surface area contributed by atoms with E-state index in [0.717, 1.165) is 25.7 Å². The zero-order chi connectivity index (χ0) is 12.2. The molecule has 0 saturated heterocycles. The summed E-state index contributed by atoms with van der Waals surface area (Å²) in [5, 5.41) is 2.32. The normalized spacial score (nSPS) is 26.5. The second-order valence-corrected chi connectivity index (χ2v) is 4.38. The summed E-state index contributed by atoms with van der Waals surface area (Å²) >= 11 is 0. The first kappa shape index (κ1) is 13.3. The lowest BCUT2D eigenvalue weighted by Gasteiger charge is -2.26. The van der Waals surface area contributed by atoms with Gasteiger partial charge in [0.2, 0.25) is 5.91 Å². The Morgan fingerprint density at radius 2 is 1.81 bits per heavy atom. The number of amides is 1. The van der Waals surface area contributed by atoms with Crippen LogP contribution in [0.2, 0.25) is 0 Å². The molecular weight excluding hydrogens is 221 g/mol. The van der Waals surface area contributed by atoms with Gasteiger partial charge in [-0.15, -0.1) is 0 Å². The zero-order valence-electron chi connectivity index (χ0n) is 9.02. The molecule has 1 rings (SSSR count). The molecule has 0 bridgehead atoms. The maximum atomic E-state index is 11.8. The lowest BCUT2D eigenvalue weighted by Crippen LogP contribution is -2.35. The van der Waals surface area contributed by atoms with Crippen LogP contribution in [0.5, 0.6) is 0 Å². The smallest absolute Gasteiger partial charge is 0.356 e. The summed E-state index contributed by atoms with van der Waals surface area (Å²) in [6, 6.07) is 0.210. The number of carbonyl (C=O) groups is 1. The standard InChI is InChI=1S/C10H17F3N2O/c11-10(12,13)5-9(16)15-6-7-1-3-8(14)4-2-7/h7-8H,1-6,14H2,(H,15,16). The van der Waals surface area contributed by atoms with Gasteiger partial charge < -0.3 is 11.1 Å². The lowest BCUT2D eigenvalue weighted by atomic mass is 9.86. The van der Waals surface area contributed by atoms with Crippen molar-refractivity contribution in [2.24, 2.45) is 11.7 Å². The molecule has 1 aliphatic carbocycles. The molecule has 0 heterocycles. The van der Waals surface area contributed by atoms with Crippen LogP contribution in [0.15, 0.2) is 0 Å². The minimum Gasteiger partial charge on any atom is -0.356 e. The van der Waals surface area contributed by atoms with Gasteiger partial charge in [-0.25, -0.2) is 0 Å². The predicted octanol–water partition coefficient (Wildman–Crippen LogP) is 1.57. The third-order valence-corrected chi connectivity index (χ3v) is 2.84. The largest absolute Gasteiger partial charge is 0.397 e. The number of rotatable bonds is 3. The molecule has 3 N–H and O–H groups in total. The summed E-state index contributed by atoms with van der Waals surface area (Å²) in [5.74, 6) is -0.667. The van der Waals surface area contributed by atoms with Gasteiger partial charge in [0, 0.05) is 12.6 Å². The summed E-state index contributed by atoms with van der Waals surface area (Å²) in [7, 11) is 0. The lowest BCUT2D eigenvalue weighted by molar-refractivity contribution is -0.153. The molecule has 1 aliphatic rings. The zero-order valence-corrected chi connectivity index (χ0v) is 9.02. The molecule has 3 nitrogen and oxygen atoms in total. The van der Waals surface area contributed by atoms with Crippen molar-refractivity contribution in [2.45, 2.75) is 44.3 Å². The van der Waals surface area contributed by atoms with E-state index in [1.165, 1.54) is 0 Å². The molecule has 0 radical (unpaired) electrons. The Morgan fingerprint density at radius 1 is 1.25 bits per heavy atom. The highest BCUT2D eigenvalue weighted by atomic mass is 19.4. The molecule has 94 valence electrons. The van der Waals surface area contributed by atoms with Crippen molar-refractivity contribution in [3.05, 3.63) is 0 Å². The first-order valence-corrected chi connectivity index (χ1v) is 5.46. The molecule has 6 heteroatoms. The van der Waals surface area contributed by atoms with Crippen LogP contribution in [-0.2, 0) is 4.79 Å². The summed E-state index contributed by atoms with van der Waals surface area (Å²) in [5.41, 5.74) is 5.70. The average molecular weight is 238 g/mol. The summed E-state index contributed by atoms with van der Waals surface area (Å²) in [6.45, 7) is 0.335. The highest BCUT2D eigenvalue weighted by Gasteiger charge is 2.31. The van der Waals surface area contributed by atoms with Crippen molar-refractivity contribution in [2.75, 3.05) is 6.54 Å². The molecule has 1 fully saturated rings. The number of nitrogens with two attached hydrogens (primary N) is 1. The molecule has 1 amide bonds. The Hall–Kier alpha value is -0.780. The second-order valence-electron chi connectivity index (χ2n) is 4.38. The number of hydrogen-bond donors (Lipinski definition) is 2. The molecule has 0 spiro atoms. The van der Waals surface area contributed by atoms with Crippen molar-refractivity contribution in [3.63, 3.8) is 0 Å². The van der Waals surface area contributed by atoms with E-state index in [1.807, 2.05) is 0 Å². The van der Waals surface area contributed by atoms with E-state index in [-0.39, 0.29) is 12.0 Å². The Bertz CT molecular complexity index is 235. The van der Waals surface area contributed by atoms with Gasteiger partial charge in [-0.05, 0) is 31.6 Å². The van der Waals surface area contributed by atoms with Crippen molar-refractivity contribution in [3.8, 4) is 0 Å². The van der Waals surface area contributed by atoms with Crippen molar-refractivity contribution >= 4 is 5.91 Å². The predicted molar refractivity (Wildman–Crippen MR) is 53.6 cm³/mol. The van der Waals surface area contributed by atoms with Crippen LogP contribution in [0.1, 0.15) is 32.1 Å². The first-order valence-electron chi connectivity index (χ1n) is 5.46. The maximum absolute atomic E-state index is 11.8. The Morgan fingerprint density at radius 3 is 2.31 bits per heavy atom. The van der Waals surface area contributed by atoms with E-state index in [9.17, 15) is 18.0 Å². The van der Waals surface area contributed by atoms with E-state index in [4.69, 9.17) is 5.73 Å². The Kier molecular flexibility index (Phi) is 4.58. The third-order valence-electron chi connectivity index (χ3n) is 2.84. The van der Waals surface area contributed by atoms with Crippen molar-refractivity contribution in [1.82, 2.24) is 5.32 Å². The Balaban J connectivity index is 2.17. The van der Waals surface area contributed by atoms with Crippen LogP contribution in [-0.4, -0.2) is 24.7 Å². The van der Waals surface area contributed by atoms with Gasteiger partial charge in [0.15, 0.2) is 0 Å². The maximum Gasteiger partial charge on any atom is 0.397 e. The van der Waals surface area contributed by atoms with Crippen LogP contribution in [0.4, 0.5) is 13.2 Å². The molecule has 0 aliphatic heterocycles. The first-order chi connectivity index (χ1) is 7.37. The topological polar surface area (TPSA) is 55.1 Å². The molecule has 16 heavy (non-hydrogen) atoms. The average Bonchev–Trinajstić information content (AvgIpc) is 2.14. The van der Waals surface area contributed by atoms with Gasteiger partial charge in [-0.3, -0.25) is 4.79 Å². The Labute approximate surface area is 92.6 Å². The fourth-order valence-corrected chi connectivity index (χ4v) is 1.90. The number of alkyl halides is 3. The number of hydrogen-bond acceptors (Lipinski definition) is 2. The van der Waals surface area contributed by atoms with Gasteiger partial charge in [-0.1, -0.05) is 0 Å². The van der Waals surface area contributed by atoms with Gasteiger partial charge in [0.1, 0.15) is 6.42 Å². The summed E-state index contributed by atoms with van der Waals surface area (Å²) in [6.07, 6.45) is -2.27. The van der Waals surface area contributed by atoms with Crippen molar-refractivity contribution in [1.29, 1.82) is 0 Å². The molecule has 1 saturated carbocycles. The summed E-state index contributed by atoms with van der Waals surface area (Å²) < 4.78 is 35.5. The van der Waals surface area contributed by atoms with E-state index in [0.29, 0.717) is 6.54 Å². The number of carbonyl (C=O) groups excluding carboxylic acids is 1. The van der Waals surface area contributed by atoms with Gasteiger partial charge in [0.25, 0.3) is 0 Å². The number of halogens is 3. The fourth-order valence-electron chi connectivity index (χ4n) is 1.90. The van der Waals surface area contributed by atoms with Crippen LogP contribution in [0, 0.1) is 5.92 Å². The molecule has 0 atom stereocenters.